The predicted octanol–water partition coefficient (Wildman–Crippen LogP) is 6.22. The van der Waals surface area contributed by atoms with Crippen molar-refractivity contribution in [2.75, 3.05) is 0 Å². The van der Waals surface area contributed by atoms with Crippen molar-refractivity contribution in [3.05, 3.63) is 55.4 Å². The second-order valence-electron chi connectivity index (χ2n) is 4.27. The lowest BCUT2D eigenvalue weighted by molar-refractivity contribution is 0.482. The summed E-state index contributed by atoms with van der Waals surface area (Å²) in [5, 5.41) is 1.52. The molecule has 2 aromatic carbocycles. The van der Waals surface area contributed by atoms with Gasteiger partial charge in [0.2, 0.25) is 0 Å². The maximum atomic E-state index is 6.16. The van der Waals surface area contributed by atoms with Gasteiger partial charge in [-0.25, -0.2) is 0 Å². The molecule has 6 heteroatoms. The Morgan fingerprint density at radius 1 is 1.05 bits per heavy atom. The summed E-state index contributed by atoms with van der Waals surface area (Å²) in [6.45, 7) is 1.87. The monoisotopic (exact) mass is 393 g/mol. The molecule has 0 saturated carbocycles. The zero-order chi connectivity index (χ0) is 14.9. The number of hydrogen-bond donors (Lipinski definition) is 1. The first-order valence-corrected chi connectivity index (χ1v) is 7.68. The van der Waals surface area contributed by atoms with E-state index >= 15 is 0 Å². The molecule has 2 nitrogen and oxygen atoms in total. The summed E-state index contributed by atoms with van der Waals surface area (Å²) in [6, 6.07) is 8.50. The minimum absolute atomic E-state index is 0.137. The van der Waals surface area contributed by atoms with Crippen molar-refractivity contribution >= 4 is 50.7 Å². The van der Waals surface area contributed by atoms with Crippen LogP contribution in [0.1, 0.15) is 18.5 Å². The molecule has 0 aliphatic rings. The van der Waals surface area contributed by atoms with Gasteiger partial charge in [-0.2, -0.15) is 0 Å². The number of hydrogen-bond acceptors (Lipinski definition) is 2. The summed E-state index contributed by atoms with van der Waals surface area (Å²) in [7, 11) is 0. The van der Waals surface area contributed by atoms with Crippen LogP contribution in [0.4, 0.5) is 0 Å². The van der Waals surface area contributed by atoms with Gasteiger partial charge in [-0.1, -0.05) is 40.9 Å². The number of nitrogens with two attached hydrogens (primary N) is 1. The van der Waals surface area contributed by atoms with Gasteiger partial charge in [0.25, 0.3) is 0 Å². The van der Waals surface area contributed by atoms with Gasteiger partial charge in [0.15, 0.2) is 0 Å². The highest BCUT2D eigenvalue weighted by molar-refractivity contribution is 9.10. The Hall–Kier alpha value is -0.450. The van der Waals surface area contributed by atoms with Crippen LogP contribution in [-0.2, 0) is 0 Å². The first-order valence-electron chi connectivity index (χ1n) is 5.76. The molecule has 0 fully saturated rings. The zero-order valence-corrected chi connectivity index (χ0v) is 14.3. The molecule has 0 aromatic heterocycles. The number of ether oxygens (including phenoxy) is 1. The van der Waals surface area contributed by atoms with E-state index in [1.807, 2.05) is 13.0 Å². The van der Waals surface area contributed by atoms with Crippen molar-refractivity contribution in [3.63, 3.8) is 0 Å². The van der Waals surface area contributed by atoms with Crippen molar-refractivity contribution in [2.24, 2.45) is 5.73 Å². The molecule has 0 radical (unpaired) electrons. The van der Waals surface area contributed by atoms with Gasteiger partial charge >= 0.3 is 0 Å². The summed E-state index contributed by atoms with van der Waals surface area (Å²) in [4.78, 5) is 0. The van der Waals surface area contributed by atoms with Gasteiger partial charge in [0.05, 0.1) is 10.0 Å². The smallest absolute Gasteiger partial charge is 0.147 e. The minimum atomic E-state index is -0.137. The summed E-state index contributed by atoms with van der Waals surface area (Å²) >= 11 is 21.6. The lowest BCUT2D eigenvalue weighted by atomic mass is 10.1. The van der Waals surface area contributed by atoms with E-state index in [1.54, 1.807) is 24.3 Å². The third kappa shape index (κ3) is 3.60. The molecule has 0 heterocycles. The highest BCUT2D eigenvalue weighted by Crippen LogP contribution is 2.37. The van der Waals surface area contributed by atoms with Gasteiger partial charge in [-0.05, 0) is 46.6 Å². The SMILES string of the molecule is CC(N)c1ccc(Oc2cc(Cl)c(Br)cc2Cl)cc1Cl. The predicted molar refractivity (Wildman–Crippen MR) is 88.3 cm³/mol. The quantitative estimate of drug-likeness (QED) is 0.626. The van der Waals surface area contributed by atoms with E-state index in [0.717, 1.165) is 5.56 Å². The molecule has 106 valence electrons. The Bertz CT molecular complexity index is 647. The Morgan fingerprint density at radius 3 is 2.35 bits per heavy atom. The van der Waals surface area contributed by atoms with Crippen LogP contribution < -0.4 is 10.5 Å². The Kier molecular flexibility index (Phi) is 5.21. The molecule has 0 aliphatic carbocycles. The van der Waals surface area contributed by atoms with Crippen molar-refractivity contribution in [3.8, 4) is 11.5 Å². The molecule has 0 amide bonds. The average Bonchev–Trinajstić information content (AvgIpc) is 2.35. The Labute approximate surface area is 140 Å². The second kappa shape index (κ2) is 6.54. The van der Waals surface area contributed by atoms with Crippen molar-refractivity contribution in [1.29, 1.82) is 0 Å². The van der Waals surface area contributed by atoms with E-state index in [0.29, 0.717) is 31.0 Å². The molecular weight excluding hydrogens is 384 g/mol. The highest BCUT2D eigenvalue weighted by Gasteiger charge is 2.10. The first-order chi connectivity index (χ1) is 9.38. The van der Waals surface area contributed by atoms with Crippen LogP contribution >= 0.6 is 50.7 Å². The minimum Gasteiger partial charge on any atom is -0.456 e. The standard InChI is InChI=1S/C14H11BrCl3NO/c1-7(19)9-3-2-8(4-11(9)16)20-14-6-12(17)10(15)5-13(14)18/h2-7H,19H2,1H3. The van der Waals surface area contributed by atoms with Gasteiger partial charge in [-0.3, -0.25) is 0 Å². The molecule has 0 saturated heterocycles. The maximum Gasteiger partial charge on any atom is 0.147 e. The van der Waals surface area contributed by atoms with Crippen LogP contribution in [0.2, 0.25) is 15.1 Å². The van der Waals surface area contributed by atoms with Crippen molar-refractivity contribution in [1.82, 2.24) is 0 Å². The number of benzene rings is 2. The Balaban J connectivity index is 2.31. The van der Waals surface area contributed by atoms with Crippen molar-refractivity contribution in [2.45, 2.75) is 13.0 Å². The van der Waals surface area contributed by atoms with E-state index in [4.69, 9.17) is 45.3 Å². The molecule has 0 bridgehead atoms. The lowest BCUT2D eigenvalue weighted by Crippen LogP contribution is -2.05. The fourth-order valence-corrected chi connectivity index (χ4v) is 2.82. The number of rotatable bonds is 3. The van der Waals surface area contributed by atoms with Crippen LogP contribution in [0.25, 0.3) is 0 Å². The fraction of sp³-hybridized carbons (Fsp3) is 0.143. The maximum absolute atomic E-state index is 6.16. The van der Waals surface area contributed by atoms with E-state index < -0.39 is 0 Å². The van der Waals surface area contributed by atoms with E-state index in [2.05, 4.69) is 15.9 Å². The molecule has 2 rings (SSSR count). The summed E-state index contributed by atoms with van der Waals surface area (Å²) in [5.74, 6) is 1.03. The van der Waals surface area contributed by atoms with Crippen molar-refractivity contribution < 1.29 is 4.74 Å². The second-order valence-corrected chi connectivity index (χ2v) is 6.35. The molecule has 0 spiro atoms. The molecule has 2 N–H and O–H groups in total. The van der Waals surface area contributed by atoms with Crippen LogP contribution in [0.3, 0.4) is 0 Å². The normalized spacial score (nSPS) is 12.3. The van der Waals surface area contributed by atoms with Gasteiger partial charge < -0.3 is 10.5 Å². The third-order valence-corrected chi connectivity index (χ3v) is 4.48. The van der Waals surface area contributed by atoms with Gasteiger partial charge in [0, 0.05) is 21.6 Å². The summed E-state index contributed by atoms with van der Waals surface area (Å²) in [5.41, 5.74) is 6.67. The molecular formula is C14H11BrCl3NO. The third-order valence-electron chi connectivity index (χ3n) is 2.67. The Morgan fingerprint density at radius 2 is 1.75 bits per heavy atom. The average molecular weight is 396 g/mol. The summed E-state index contributed by atoms with van der Waals surface area (Å²) < 4.78 is 6.41. The van der Waals surface area contributed by atoms with Crippen LogP contribution in [0, 0.1) is 0 Å². The largest absolute Gasteiger partial charge is 0.456 e. The van der Waals surface area contributed by atoms with Crippen LogP contribution in [0.5, 0.6) is 11.5 Å². The molecule has 2 aromatic rings. The summed E-state index contributed by atoms with van der Waals surface area (Å²) in [6.07, 6.45) is 0. The van der Waals surface area contributed by atoms with E-state index in [9.17, 15) is 0 Å². The molecule has 20 heavy (non-hydrogen) atoms. The van der Waals surface area contributed by atoms with E-state index in [1.165, 1.54) is 0 Å². The van der Waals surface area contributed by atoms with Crippen LogP contribution in [0.15, 0.2) is 34.8 Å². The van der Waals surface area contributed by atoms with Crippen LogP contribution in [-0.4, -0.2) is 0 Å². The lowest BCUT2D eigenvalue weighted by Gasteiger charge is -2.12. The topological polar surface area (TPSA) is 35.2 Å². The number of halogens is 4. The highest BCUT2D eigenvalue weighted by atomic mass is 79.9. The molecule has 0 aliphatic heterocycles. The van der Waals surface area contributed by atoms with E-state index in [-0.39, 0.29) is 6.04 Å². The zero-order valence-electron chi connectivity index (χ0n) is 10.5. The molecule has 1 unspecified atom stereocenters. The van der Waals surface area contributed by atoms with Gasteiger partial charge in [-0.15, -0.1) is 0 Å². The molecule has 1 atom stereocenters. The fourth-order valence-electron chi connectivity index (χ4n) is 1.65. The van der Waals surface area contributed by atoms with Gasteiger partial charge in [0.1, 0.15) is 11.5 Å². The first kappa shape index (κ1) is 15.9.